The van der Waals surface area contributed by atoms with Crippen LogP contribution in [0.5, 0.6) is 0 Å². The molecule has 0 aliphatic heterocycles. The first kappa shape index (κ1) is 15.0. The van der Waals surface area contributed by atoms with Crippen LogP contribution >= 0.6 is 0 Å². The molecule has 4 heteroatoms. The molecule has 1 aliphatic rings. The predicted octanol–water partition coefficient (Wildman–Crippen LogP) is 1.34. The Morgan fingerprint density at radius 3 is 2.80 bits per heavy atom. The molecule has 0 radical (unpaired) electrons. The largest absolute Gasteiger partial charge is 0.393 e. The van der Waals surface area contributed by atoms with Crippen molar-refractivity contribution in [3.8, 4) is 11.8 Å². The molecule has 0 spiro atoms. The maximum Gasteiger partial charge on any atom is 0.124 e. The molecular formula is C16H21FN2O. The van der Waals surface area contributed by atoms with E-state index in [1.54, 1.807) is 6.07 Å². The van der Waals surface area contributed by atoms with Crippen molar-refractivity contribution in [1.82, 2.24) is 4.90 Å². The zero-order valence-electron chi connectivity index (χ0n) is 11.8. The Morgan fingerprint density at radius 2 is 2.15 bits per heavy atom. The summed E-state index contributed by atoms with van der Waals surface area (Å²) in [7, 11) is 2.01. The summed E-state index contributed by atoms with van der Waals surface area (Å²) < 4.78 is 13.5. The lowest BCUT2D eigenvalue weighted by Crippen LogP contribution is -2.36. The number of hydrogen-bond acceptors (Lipinski definition) is 3. The molecule has 108 valence electrons. The van der Waals surface area contributed by atoms with Gasteiger partial charge < -0.3 is 15.7 Å². The van der Waals surface area contributed by atoms with Gasteiger partial charge in [-0.1, -0.05) is 11.8 Å². The van der Waals surface area contributed by atoms with Crippen molar-refractivity contribution in [3.05, 3.63) is 35.1 Å². The minimum atomic E-state index is -0.267. The molecule has 2 rings (SSSR count). The molecule has 0 heterocycles. The number of hydrogen-bond donors (Lipinski definition) is 2. The van der Waals surface area contributed by atoms with Gasteiger partial charge in [-0.15, -0.1) is 0 Å². The SMILES string of the molecule is CN(Cc1cc(F)cc(C#CCN)c1)CC1CC(O)C1. The number of aliphatic hydroxyl groups excluding tert-OH is 1. The van der Waals surface area contributed by atoms with Crippen LogP contribution in [0, 0.1) is 23.6 Å². The Hall–Kier alpha value is -1.41. The number of halogens is 1. The summed E-state index contributed by atoms with van der Waals surface area (Å²) in [4.78, 5) is 2.16. The standard InChI is InChI=1S/C16H21FN2O/c1-19(11-14-8-16(20)9-14)10-13-5-12(3-2-4-18)6-15(17)7-13/h5-7,14,16,20H,4,8-11,18H2,1H3. The highest BCUT2D eigenvalue weighted by Crippen LogP contribution is 2.27. The third-order valence-corrected chi connectivity index (χ3v) is 3.53. The Balaban J connectivity index is 1.95. The van der Waals surface area contributed by atoms with Gasteiger partial charge in [0.05, 0.1) is 12.6 Å². The van der Waals surface area contributed by atoms with Gasteiger partial charge in [0.25, 0.3) is 0 Å². The van der Waals surface area contributed by atoms with Crippen molar-refractivity contribution in [2.75, 3.05) is 20.1 Å². The topological polar surface area (TPSA) is 49.5 Å². The third-order valence-electron chi connectivity index (χ3n) is 3.53. The molecule has 0 saturated heterocycles. The number of aliphatic hydroxyl groups is 1. The molecule has 1 aliphatic carbocycles. The predicted molar refractivity (Wildman–Crippen MR) is 77.4 cm³/mol. The molecule has 3 nitrogen and oxygen atoms in total. The molecule has 0 atom stereocenters. The van der Waals surface area contributed by atoms with Crippen LogP contribution in [-0.4, -0.2) is 36.2 Å². The van der Waals surface area contributed by atoms with Gasteiger partial charge in [0, 0.05) is 18.7 Å². The molecule has 3 N–H and O–H groups in total. The van der Waals surface area contributed by atoms with E-state index >= 15 is 0 Å². The lowest BCUT2D eigenvalue weighted by molar-refractivity contribution is 0.0274. The fourth-order valence-electron chi connectivity index (χ4n) is 2.63. The van der Waals surface area contributed by atoms with E-state index in [1.165, 1.54) is 6.07 Å². The van der Waals surface area contributed by atoms with Crippen LogP contribution < -0.4 is 5.73 Å². The van der Waals surface area contributed by atoms with Crippen LogP contribution in [-0.2, 0) is 6.54 Å². The van der Waals surface area contributed by atoms with Gasteiger partial charge in [-0.25, -0.2) is 4.39 Å². The Bertz CT molecular complexity index is 515. The Kier molecular flexibility index (Phi) is 5.13. The van der Waals surface area contributed by atoms with Crippen LogP contribution in [0.15, 0.2) is 18.2 Å². The second-order valence-corrected chi connectivity index (χ2v) is 5.54. The van der Waals surface area contributed by atoms with Gasteiger partial charge >= 0.3 is 0 Å². The molecule has 20 heavy (non-hydrogen) atoms. The summed E-state index contributed by atoms with van der Waals surface area (Å²) in [6, 6.07) is 4.87. The summed E-state index contributed by atoms with van der Waals surface area (Å²) in [6.07, 6.45) is 1.63. The smallest absolute Gasteiger partial charge is 0.124 e. The summed E-state index contributed by atoms with van der Waals surface area (Å²) >= 11 is 0. The zero-order valence-corrected chi connectivity index (χ0v) is 11.8. The highest BCUT2D eigenvalue weighted by atomic mass is 19.1. The lowest BCUT2D eigenvalue weighted by Gasteiger charge is -2.34. The van der Waals surface area contributed by atoms with Gasteiger partial charge in [0.1, 0.15) is 5.82 Å². The fourth-order valence-corrected chi connectivity index (χ4v) is 2.63. The quantitative estimate of drug-likeness (QED) is 0.816. The van der Waals surface area contributed by atoms with Crippen LogP contribution in [0.2, 0.25) is 0 Å². The highest BCUT2D eigenvalue weighted by molar-refractivity contribution is 5.38. The fraction of sp³-hybridized carbons (Fsp3) is 0.500. The van der Waals surface area contributed by atoms with Crippen LogP contribution in [0.1, 0.15) is 24.0 Å². The van der Waals surface area contributed by atoms with Crippen molar-refractivity contribution in [2.24, 2.45) is 11.7 Å². The molecule has 1 aromatic carbocycles. The number of benzene rings is 1. The molecule has 0 unspecified atom stereocenters. The summed E-state index contributed by atoms with van der Waals surface area (Å²) in [5.74, 6) is 5.89. The average molecular weight is 276 g/mol. The van der Waals surface area contributed by atoms with Crippen LogP contribution in [0.25, 0.3) is 0 Å². The molecule has 1 saturated carbocycles. The summed E-state index contributed by atoms with van der Waals surface area (Å²) in [5.41, 5.74) is 6.90. The van der Waals surface area contributed by atoms with Gasteiger partial charge in [-0.3, -0.25) is 0 Å². The van der Waals surface area contributed by atoms with Crippen molar-refractivity contribution >= 4 is 0 Å². The first-order valence-electron chi connectivity index (χ1n) is 6.92. The maximum absolute atomic E-state index is 13.5. The number of nitrogens with zero attached hydrogens (tertiary/aromatic N) is 1. The van der Waals surface area contributed by atoms with E-state index in [2.05, 4.69) is 16.7 Å². The second kappa shape index (κ2) is 6.85. The van der Waals surface area contributed by atoms with E-state index in [0.717, 1.165) is 24.9 Å². The second-order valence-electron chi connectivity index (χ2n) is 5.54. The van der Waals surface area contributed by atoms with Crippen molar-refractivity contribution in [3.63, 3.8) is 0 Å². The summed E-state index contributed by atoms with van der Waals surface area (Å²) in [5, 5.41) is 9.28. The molecule has 0 aromatic heterocycles. The van der Waals surface area contributed by atoms with Crippen LogP contribution in [0.3, 0.4) is 0 Å². The van der Waals surface area contributed by atoms with Gasteiger partial charge in [-0.2, -0.15) is 0 Å². The Morgan fingerprint density at radius 1 is 1.40 bits per heavy atom. The molecule has 0 amide bonds. The van der Waals surface area contributed by atoms with Crippen molar-refractivity contribution in [1.29, 1.82) is 0 Å². The zero-order chi connectivity index (χ0) is 14.5. The van der Waals surface area contributed by atoms with Gasteiger partial charge in [0.15, 0.2) is 0 Å². The van der Waals surface area contributed by atoms with E-state index in [0.29, 0.717) is 18.0 Å². The minimum absolute atomic E-state index is 0.124. The van der Waals surface area contributed by atoms with E-state index in [4.69, 9.17) is 5.73 Å². The van der Waals surface area contributed by atoms with Crippen molar-refractivity contribution in [2.45, 2.75) is 25.5 Å². The number of rotatable bonds is 4. The van der Waals surface area contributed by atoms with Crippen molar-refractivity contribution < 1.29 is 9.50 Å². The normalized spacial score (nSPS) is 21.2. The van der Waals surface area contributed by atoms with E-state index in [-0.39, 0.29) is 18.5 Å². The highest BCUT2D eigenvalue weighted by Gasteiger charge is 2.27. The average Bonchev–Trinajstić information content (AvgIpc) is 2.33. The molecular weight excluding hydrogens is 255 g/mol. The van der Waals surface area contributed by atoms with Gasteiger partial charge in [0.2, 0.25) is 0 Å². The minimum Gasteiger partial charge on any atom is -0.393 e. The van der Waals surface area contributed by atoms with E-state index in [1.807, 2.05) is 13.1 Å². The third kappa shape index (κ3) is 4.31. The van der Waals surface area contributed by atoms with E-state index < -0.39 is 0 Å². The Labute approximate surface area is 119 Å². The molecule has 1 aromatic rings. The van der Waals surface area contributed by atoms with Gasteiger partial charge in [-0.05, 0) is 49.6 Å². The maximum atomic E-state index is 13.5. The molecule has 0 bridgehead atoms. The summed E-state index contributed by atoms with van der Waals surface area (Å²) in [6.45, 7) is 1.88. The molecule has 1 fully saturated rings. The monoisotopic (exact) mass is 276 g/mol. The van der Waals surface area contributed by atoms with E-state index in [9.17, 15) is 9.50 Å². The number of nitrogens with two attached hydrogens (primary N) is 1. The lowest BCUT2D eigenvalue weighted by atomic mass is 9.82. The first-order valence-corrected chi connectivity index (χ1v) is 6.92. The first-order chi connectivity index (χ1) is 9.56. The van der Waals surface area contributed by atoms with Crippen LogP contribution in [0.4, 0.5) is 4.39 Å².